The maximum atomic E-state index is 5.77. The van der Waals surface area contributed by atoms with Gasteiger partial charge in [-0.15, -0.1) is 0 Å². The van der Waals surface area contributed by atoms with Crippen LogP contribution >= 0.6 is 0 Å². The fourth-order valence-electron chi connectivity index (χ4n) is 3.24. The van der Waals surface area contributed by atoms with E-state index in [1.165, 1.54) is 38.9 Å². The molecule has 0 amide bonds. The predicted molar refractivity (Wildman–Crippen MR) is 72.8 cm³/mol. The Morgan fingerprint density at radius 1 is 1.11 bits per heavy atom. The molecule has 3 rings (SSSR count). The minimum Gasteiger partial charge on any atom is -0.374 e. The molecule has 2 unspecified atom stereocenters. The van der Waals surface area contributed by atoms with E-state index in [2.05, 4.69) is 22.2 Å². The summed E-state index contributed by atoms with van der Waals surface area (Å²) in [5.74, 6) is 0.868. The number of ether oxygens (including phenoxy) is 1. The number of rotatable bonds is 5. The van der Waals surface area contributed by atoms with Gasteiger partial charge in [-0.25, -0.2) is 0 Å². The van der Waals surface area contributed by atoms with Crippen molar-refractivity contribution < 1.29 is 4.74 Å². The molecular weight excluding hydrogens is 226 g/mol. The molecule has 0 radical (unpaired) electrons. The van der Waals surface area contributed by atoms with Gasteiger partial charge in [-0.05, 0) is 45.3 Å². The molecule has 0 aromatic rings. The third kappa shape index (κ3) is 3.44. The summed E-state index contributed by atoms with van der Waals surface area (Å²) in [7, 11) is 2.18. The van der Waals surface area contributed by atoms with Crippen LogP contribution < -0.4 is 5.32 Å². The molecule has 0 aromatic heterocycles. The third-order valence-electron chi connectivity index (χ3n) is 4.53. The number of nitrogens with one attached hydrogen (secondary N) is 1. The molecule has 2 heterocycles. The van der Waals surface area contributed by atoms with Crippen molar-refractivity contribution in [2.75, 3.05) is 52.9 Å². The second-order valence-electron chi connectivity index (χ2n) is 6.29. The molecule has 1 N–H and O–H groups in total. The normalized spacial score (nSPS) is 35.2. The lowest BCUT2D eigenvalue weighted by atomic mass is 10.1. The van der Waals surface area contributed by atoms with E-state index in [-0.39, 0.29) is 0 Å². The molecule has 2 saturated heterocycles. The van der Waals surface area contributed by atoms with E-state index in [0.29, 0.717) is 6.10 Å². The van der Waals surface area contributed by atoms with Crippen molar-refractivity contribution in [3.05, 3.63) is 0 Å². The first-order chi connectivity index (χ1) is 8.81. The molecule has 4 heteroatoms. The quantitative estimate of drug-likeness (QED) is 0.767. The minimum atomic E-state index is 0.393. The second-order valence-corrected chi connectivity index (χ2v) is 6.29. The third-order valence-corrected chi connectivity index (χ3v) is 4.53. The Hall–Kier alpha value is -0.160. The monoisotopic (exact) mass is 253 g/mol. The zero-order valence-corrected chi connectivity index (χ0v) is 11.6. The highest BCUT2D eigenvalue weighted by atomic mass is 16.5. The van der Waals surface area contributed by atoms with E-state index in [1.807, 2.05) is 0 Å². The maximum Gasteiger partial charge on any atom is 0.0826 e. The number of morpholine rings is 1. The van der Waals surface area contributed by atoms with Crippen molar-refractivity contribution >= 4 is 0 Å². The van der Waals surface area contributed by atoms with Gasteiger partial charge in [0, 0.05) is 32.2 Å². The van der Waals surface area contributed by atoms with Crippen LogP contribution in [0.1, 0.15) is 19.3 Å². The SMILES string of the molecule is CN1CCOC(CNCC2CCN(C3CC3)C2)C1. The van der Waals surface area contributed by atoms with E-state index in [1.54, 1.807) is 0 Å². The van der Waals surface area contributed by atoms with E-state index >= 15 is 0 Å². The topological polar surface area (TPSA) is 27.7 Å². The fourth-order valence-corrected chi connectivity index (χ4v) is 3.24. The zero-order chi connectivity index (χ0) is 12.4. The van der Waals surface area contributed by atoms with Gasteiger partial charge in [0.05, 0.1) is 12.7 Å². The van der Waals surface area contributed by atoms with E-state index < -0.39 is 0 Å². The van der Waals surface area contributed by atoms with Crippen molar-refractivity contribution in [3.63, 3.8) is 0 Å². The molecular formula is C14H27N3O. The molecule has 18 heavy (non-hydrogen) atoms. The lowest BCUT2D eigenvalue weighted by Crippen LogP contribution is -2.45. The van der Waals surface area contributed by atoms with Crippen LogP contribution in [-0.4, -0.2) is 74.9 Å². The van der Waals surface area contributed by atoms with E-state index in [0.717, 1.165) is 38.2 Å². The van der Waals surface area contributed by atoms with Crippen LogP contribution in [0.4, 0.5) is 0 Å². The number of likely N-dealkylation sites (N-methyl/N-ethyl adjacent to an activating group) is 1. The first-order valence-corrected chi connectivity index (χ1v) is 7.56. The van der Waals surface area contributed by atoms with Crippen LogP contribution in [0.3, 0.4) is 0 Å². The Bertz CT molecular complexity index is 270. The highest BCUT2D eigenvalue weighted by molar-refractivity contribution is 4.90. The molecule has 2 atom stereocenters. The average Bonchev–Trinajstić information content (AvgIpc) is 3.10. The highest BCUT2D eigenvalue weighted by Gasteiger charge is 2.34. The Labute approximate surface area is 111 Å². The van der Waals surface area contributed by atoms with Crippen molar-refractivity contribution in [3.8, 4) is 0 Å². The molecule has 0 aromatic carbocycles. The lowest BCUT2D eigenvalue weighted by Gasteiger charge is -2.30. The van der Waals surface area contributed by atoms with Gasteiger partial charge < -0.3 is 19.9 Å². The molecule has 0 bridgehead atoms. The number of hydrogen-bond donors (Lipinski definition) is 1. The summed E-state index contributed by atoms with van der Waals surface area (Å²) in [5, 5.41) is 3.62. The number of nitrogens with zero attached hydrogens (tertiary/aromatic N) is 2. The number of likely N-dealkylation sites (tertiary alicyclic amines) is 1. The van der Waals surface area contributed by atoms with Crippen molar-refractivity contribution in [2.24, 2.45) is 5.92 Å². The smallest absolute Gasteiger partial charge is 0.0826 e. The molecule has 104 valence electrons. The van der Waals surface area contributed by atoms with Crippen LogP contribution in [-0.2, 0) is 4.74 Å². The van der Waals surface area contributed by atoms with Gasteiger partial charge in [0.1, 0.15) is 0 Å². The van der Waals surface area contributed by atoms with Crippen molar-refractivity contribution in [1.29, 1.82) is 0 Å². The van der Waals surface area contributed by atoms with Crippen LogP contribution in [0.2, 0.25) is 0 Å². The van der Waals surface area contributed by atoms with Gasteiger partial charge in [0.25, 0.3) is 0 Å². The first kappa shape index (κ1) is 12.9. The van der Waals surface area contributed by atoms with Crippen molar-refractivity contribution in [1.82, 2.24) is 15.1 Å². The Balaban J connectivity index is 1.30. The maximum absolute atomic E-state index is 5.77. The molecule has 1 aliphatic carbocycles. The lowest BCUT2D eigenvalue weighted by molar-refractivity contribution is -0.0183. The van der Waals surface area contributed by atoms with Gasteiger partial charge in [0.2, 0.25) is 0 Å². The summed E-state index contributed by atoms with van der Waals surface area (Å²) in [6, 6.07) is 0.949. The highest BCUT2D eigenvalue weighted by Crippen LogP contribution is 2.31. The summed E-state index contributed by atoms with van der Waals surface area (Å²) < 4.78 is 5.77. The van der Waals surface area contributed by atoms with Crippen LogP contribution in [0, 0.1) is 5.92 Å². The average molecular weight is 253 g/mol. The first-order valence-electron chi connectivity index (χ1n) is 7.56. The fraction of sp³-hybridized carbons (Fsp3) is 1.00. The van der Waals surface area contributed by atoms with Gasteiger partial charge in [-0.3, -0.25) is 0 Å². The van der Waals surface area contributed by atoms with E-state index in [9.17, 15) is 0 Å². The largest absolute Gasteiger partial charge is 0.374 e. The number of hydrogen-bond acceptors (Lipinski definition) is 4. The summed E-state index contributed by atoms with van der Waals surface area (Å²) in [6.07, 6.45) is 4.67. The molecule has 3 aliphatic rings. The zero-order valence-electron chi connectivity index (χ0n) is 11.6. The minimum absolute atomic E-state index is 0.393. The van der Waals surface area contributed by atoms with Gasteiger partial charge >= 0.3 is 0 Å². The van der Waals surface area contributed by atoms with E-state index in [4.69, 9.17) is 4.74 Å². The van der Waals surface area contributed by atoms with Gasteiger partial charge in [-0.1, -0.05) is 0 Å². The van der Waals surface area contributed by atoms with Crippen molar-refractivity contribution in [2.45, 2.75) is 31.4 Å². The molecule has 0 spiro atoms. The standard InChI is InChI=1S/C14H27N3O/c1-16-6-7-18-14(11-16)9-15-8-12-4-5-17(10-12)13-2-3-13/h12-15H,2-11H2,1H3. The Kier molecular flexibility index (Phi) is 4.19. The molecule has 3 fully saturated rings. The van der Waals surface area contributed by atoms with Gasteiger partial charge in [-0.2, -0.15) is 0 Å². The Morgan fingerprint density at radius 3 is 2.78 bits per heavy atom. The summed E-state index contributed by atoms with van der Waals surface area (Å²) in [4.78, 5) is 5.05. The summed E-state index contributed by atoms with van der Waals surface area (Å²) >= 11 is 0. The van der Waals surface area contributed by atoms with Crippen LogP contribution in [0.25, 0.3) is 0 Å². The molecule has 1 saturated carbocycles. The summed E-state index contributed by atoms with van der Waals surface area (Å²) in [5.41, 5.74) is 0. The predicted octanol–water partition coefficient (Wildman–Crippen LogP) is 0.391. The Morgan fingerprint density at radius 2 is 2.00 bits per heavy atom. The molecule has 4 nitrogen and oxygen atoms in total. The second kappa shape index (κ2) is 5.87. The summed E-state index contributed by atoms with van der Waals surface area (Å²) in [6.45, 7) is 7.89. The van der Waals surface area contributed by atoms with Crippen LogP contribution in [0.5, 0.6) is 0 Å². The van der Waals surface area contributed by atoms with Crippen LogP contribution in [0.15, 0.2) is 0 Å². The molecule has 2 aliphatic heterocycles. The van der Waals surface area contributed by atoms with Gasteiger partial charge in [0.15, 0.2) is 0 Å².